The van der Waals surface area contributed by atoms with E-state index < -0.39 is 0 Å². The Morgan fingerprint density at radius 2 is 1.88 bits per heavy atom. The molecule has 4 heteroatoms. The fraction of sp³-hybridized carbons (Fsp3) is 0.846. The van der Waals surface area contributed by atoms with Crippen LogP contribution in [0, 0.1) is 17.2 Å². The summed E-state index contributed by atoms with van der Waals surface area (Å²) in [5.74, 6) is 0.720. The SMILES string of the molecule is CC(C)CC(C)N(C)CC(=O)N(C)CCC#N. The second-order valence-corrected chi connectivity index (χ2v) is 5.12. The first kappa shape index (κ1) is 15.9. The van der Waals surface area contributed by atoms with Gasteiger partial charge in [-0.3, -0.25) is 9.69 Å². The minimum Gasteiger partial charge on any atom is -0.344 e. The molecule has 1 atom stereocenters. The van der Waals surface area contributed by atoms with Gasteiger partial charge in [-0.05, 0) is 26.3 Å². The fourth-order valence-electron chi connectivity index (χ4n) is 1.69. The van der Waals surface area contributed by atoms with Gasteiger partial charge in [0.05, 0.1) is 19.0 Å². The molecule has 0 aliphatic heterocycles. The molecule has 0 heterocycles. The Labute approximate surface area is 105 Å². The van der Waals surface area contributed by atoms with Crippen LogP contribution in [0.3, 0.4) is 0 Å². The molecule has 0 saturated carbocycles. The van der Waals surface area contributed by atoms with E-state index in [1.54, 1.807) is 11.9 Å². The molecule has 0 aliphatic carbocycles. The number of rotatable bonds is 7. The van der Waals surface area contributed by atoms with Crippen LogP contribution >= 0.6 is 0 Å². The molecule has 0 aliphatic rings. The molecule has 4 nitrogen and oxygen atoms in total. The predicted octanol–water partition coefficient (Wildman–Crippen LogP) is 1.72. The van der Waals surface area contributed by atoms with Crippen molar-refractivity contribution in [3.8, 4) is 6.07 Å². The average Bonchev–Trinajstić information content (AvgIpc) is 2.24. The van der Waals surface area contributed by atoms with Crippen LogP contribution in [0.15, 0.2) is 0 Å². The van der Waals surface area contributed by atoms with Crippen LogP contribution in [0.5, 0.6) is 0 Å². The van der Waals surface area contributed by atoms with Gasteiger partial charge in [0, 0.05) is 19.6 Å². The van der Waals surface area contributed by atoms with E-state index in [0.717, 1.165) is 6.42 Å². The van der Waals surface area contributed by atoms with E-state index in [1.807, 2.05) is 13.1 Å². The molecule has 0 saturated heterocycles. The molecule has 98 valence electrons. The summed E-state index contributed by atoms with van der Waals surface area (Å²) in [6.45, 7) is 7.45. The number of hydrogen-bond acceptors (Lipinski definition) is 3. The van der Waals surface area contributed by atoms with Gasteiger partial charge in [0.15, 0.2) is 0 Å². The number of nitriles is 1. The molecule has 0 aromatic heterocycles. The number of carbonyl (C=O) groups excluding carboxylic acids is 1. The quantitative estimate of drug-likeness (QED) is 0.679. The first-order chi connectivity index (χ1) is 7.88. The van der Waals surface area contributed by atoms with Gasteiger partial charge in [0.2, 0.25) is 5.91 Å². The van der Waals surface area contributed by atoms with Gasteiger partial charge in [0.1, 0.15) is 0 Å². The standard InChI is InChI=1S/C13H25N3O/c1-11(2)9-12(3)16(5)10-13(17)15(4)8-6-7-14/h11-12H,6,8-10H2,1-5H3. The van der Waals surface area contributed by atoms with Crippen molar-refractivity contribution in [2.24, 2.45) is 5.92 Å². The van der Waals surface area contributed by atoms with E-state index in [2.05, 4.69) is 25.7 Å². The molecule has 1 amide bonds. The Kier molecular flexibility index (Phi) is 7.56. The Bertz CT molecular complexity index is 270. The topological polar surface area (TPSA) is 47.3 Å². The lowest BCUT2D eigenvalue weighted by molar-refractivity contribution is -0.131. The van der Waals surface area contributed by atoms with Crippen LogP contribution in [0.4, 0.5) is 0 Å². The van der Waals surface area contributed by atoms with Crippen molar-refractivity contribution >= 4 is 5.91 Å². The van der Waals surface area contributed by atoms with E-state index in [1.165, 1.54) is 0 Å². The van der Waals surface area contributed by atoms with E-state index in [9.17, 15) is 4.79 Å². The van der Waals surface area contributed by atoms with Crippen LogP contribution in [0.1, 0.15) is 33.6 Å². The van der Waals surface area contributed by atoms with Crippen LogP contribution in [-0.2, 0) is 4.79 Å². The monoisotopic (exact) mass is 239 g/mol. The van der Waals surface area contributed by atoms with Crippen molar-refractivity contribution in [2.45, 2.75) is 39.7 Å². The number of hydrogen-bond donors (Lipinski definition) is 0. The Balaban J connectivity index is 4.06. The van der Waals surface area contributed by atoms with Crippen molar-refractivity contribution < 1.29 is 4.79 Å². The number of likely N-dealkylation sites (N-methyl/N-ethyl adjacent to an activating group) is 2. The summed E-state index contributed by atoms with van der Waals surface area (Å²) in [6.07, 6.45) is 1.49. The molecule has 0 bridgehead atoms. The molecule has 1 unspecified atom stereocenters. The highest BCUT2D eigenvalue weighted by Gasteiger charge is 2.16. The van der Waals surface area contributed by atoms with E-state index >= 15 is 0 Å². The van der Waals surface area contributed by atoms with E-state index in [-0.39, 0.29) is 5.91 Å². The molecule has 0 spiro atoms. The van der Waals surface area contributed by atoms with E-state index in [4.69, 9.17) is 5.26 Å². The van der Waals surface area contributed by atoms with Gasteiger partial charge in [-0.15, -0.1) is 0 Å². The van der Waals surface area contributed by atoms with Crippen molar-refractivity contribution in [1.29, 1.82) is 5.26 Å². The molecule has 0 radical (unpaired) electrons. The molecule has 0 N–H and O–H groups in total. The van der Waals surface area contributed by atoms with Crippen molar-refractivity contribution in [3.63, 3.8) is 0 Å². The lowest BCUT2D eigenvalue weighted by Gasteiger charge is -2.27. The first-order valence-electron chi connectivity index (χ1n) is 6.19. The molecular formula is C13H25N3O. The highest BCUT2D eigenvalue weighted by atomic mass is 16.2. The summed E-state index contributed by atoms with van der Waals surface area (Å²) in [7, 11) is 3.73. The van der Waals surface area contributed by atoms with Gasteiger partial charge < -0.3 is 4.90 Å². The maximum atomic E-state index is 11.8. The van der Waals surface area contributed by atoms with E-state index in [0.29, 0.717) is 31.5 Å². The van der Waals surface area contributed by atoms with Gasteiger partial charge in [-0.1, -0.05) is 13.8 Å². The third kappa shape index (κ3) is 6.96. The summed E-state index contributed by atoms with van der Waals surface area (Å²) in [4.78, 5) is 15.5. The average molecular weight is 239 g/mol. The Morgan fingerprint density at radius 1 is 1.29 bits per heavy atom. The lowest BCUT2D eigenvalue weighted by atomic mass is 10.0. The zero-order valence-electron chi connectivity index (χ0n) is 11.7. The highest BCUT2D eigenvalue weighted by Crippen LogP contribution is 2.09. The largest absolute Gasteiger partial charge is 0.344 e. The van der Waals surface area contributed by atoms with Crippen molar-refractivity contribution in [3.05, 3.63) is 0 Å². The van der Waals surface area contributed by atoms with Gasteiger partial charge in [-0.2, -0.15) is 5.26 Å². The molecule has 0 aromatic rings. The van der Waals surface area contributed by atoms with Crippen LogP contribution in [0.25, 0.3) is 0 Å². The summed E-state index contributed by atoms with van der Waals surface area (Å²) in [6, 6.07) is 2.45. The van der Waals surface area contributed by atoms with Gasteiger partial charge in [-0.25, -0.2) is 0 Å². The number of amides is 1. The molecule has 0 rings (SSSR count). The Morgan fingerprint density at radius 3 is 2.35 bits per heavy atom. The van der Waals surface area contributed by atoms with Crippen LogP contribution in [0.2, 0.25) is 0 Å². The van der Waals surface area contributed by atoms with Gasteiger partial charge >= 0.3 is 0 Å². The summed E-state index contributed by atoms with van der Waals surface area (Å²) in [5.41, 5.74) is 0. The maximum Gasteiger partial charge on any atom is 0.236 e. The van der Waals surface area contributed by atoms with Crippen LogP contribution < -0.4 is 0 Å². The third-order valence-electron chi connectivity index (χ3n) is 2.93. The molecule has 17 heavy (non-hydrogen) atoms. The summed E-state index contributed by atoms with van der Waals surface area (Å²) < 4.78 is 0. The summed E-state index contributed by atoms with van der Waals surface area (Å²) in [5, 5.41) is 8.47. The van der Waals surface area contributed by atoms with Crippen molar-refractivity contribution in [1.82, 2.24) is 9.80 Å². The number of nitrogens with zero attached hydrogens (tertiary/aromatic N) is 3. The predicted molar refractivity (Wildman–Crippen MR) is 69.4 cm³/mol. The molecule has 0 aromatic carbocycles. The number of carbonyl (C=O) groups is 1. The second-order valence-electron chi connectivity index (χ2n) is 5.12. The maximum absolute atomic E-state index is 11.8. The zero-order chi connectivity index (χ0) is 13.4. The van der Waals surface area contributed by atoms with Gasteiger partial charge in [0.25, 0.3) is 0 Å². The lowest BCUT2D eigenvalue weighted by Crippen LogP contribution is -2.41. The summed E-state index contributed by atoms with van der Waals surface area (Å²) >= 11 is 0. The minimum absolute atomic E-state index is 0.0818. The third-order valence-corrected chi connectivity index (χ3v) is 2.93. The highest BCUT2D eigenvalue weighted by molar-refractivity contribution is 5.77. The fourth-order valence-corrected chi connectivity index (χ4v) is 1.69. The van der Waals surface area contributed by atoms with Crippen LogP contribution in [-0.4, -0.2) is 48.9 Å². The van der Waals surface area contributed by atoms with Crippen molar-refractivity contribution in [2.75, 3.05) is 27.2 Å². The normalized spacial score (nSPS) is 12.6. The smallest absolute Gasteiger partial charge is 0.236 e. The zero-order valence-corrected chi connectivity index (χ0v) is 11.7. The molecule has 0 fully saturated rings. The second kappa shape index (κ2) is 8.08. The first-order valence-corrected chi connectivity index (χ1v) is 6.19. The minimum atomic E-state index is 0.0818. The molecular weight excluding hydrogens is 214 g/mol. The Hall–Kier alpha value is -1.08.